The number of benzene rings is 1. The van der Waals surface area contributed by atoms with Gasteiger partial charge < -0.3 is 5.32 Å². The van der Waals surface area contributed by atoms with Crippen molar-refractivity contribution in [2.24, 2.45) is 16.1 Å². The third-order valence-electron chi connectivity index (χ3n) is 3.01. The molecule has 0 bridgehead atoms. The molecule has 0 heterocycles. The lowest BCUT2D eigenvalue weighted by molar-refractivity contribution is 0.0963. The van der Waals surface area contributed by atoms with Crippen molar-refractivity contribution in [3.63, 3.8) is 0 Å². The number of amides is 1. The van der Waals surface area contributed by atoms with Crippen LogP contribution in [0.3, 0.4) is 0 Å². The molecule has 4 heteroatoms. The monoisotopic (exact) mass is 247 g/mol. The molecule has 4 nitrogen and oxygen atoms in total. The first-order chi connectivity index (χ1) is 8.45. The van der Waals surface area contributed by atoms with Crippen LogP contribution in [0.5, 0.6) is 0 Å². The second-order valence-corrected chi connectivity index (χ2v) is 4.78. The summed E-state index contributed by atoms with van der Waals surface area (Å²) in [5.74, 6) is 0.347. The van der Waals surface area contributed by atoms with Crippen LogP contribution in [-0.2, 0) is 0 Å². The number of aryl methyl sites for hydroxylation is 1. The summed E-state index contributed by atoms with van der Waals surface area (Å²) in [4.78, 5) is 11.5. The van der Waals surface area contributed by atoms with Crippen molar-refractivity contribution in [1.29, 1.82) is 0 Å². The SMILES string of the molecule is CNC(=O)c1ccc(C)c(N=NC(C)C(C)C)c1. The number of rotatable bonds is 4. The lowest BCUT2D eigenvalue weighted by Crippen LogP contribution is -2.17. The Morgan fingerprint density at radius 3 is 2.50 bits per heavy atom. The largest absolute Gasteiger partial charge is 0.355 e. The maximum absolute atomic E-state index is 11.5. The minimum absolute atomic E-state index is 0.108. The van der Waals surface area contributed by atoms with E-state index in [-0.39, 0.29) is 11.9 Å². The molecule has 1 atom stereocenters. The van der Waals surface area contributed by atoms with Gasteiger partial charge in [0.05, 0.1) is 11.7 Å². The Labute approximate surface area is 109 Å². The Hall–Kier alpha value is -1.71. The molecule has 18 heavy (non-hydrogen) atoms. The number of nitrogens with zero attached hydrogens (tertiary/aromatic N) is 2. The van der Waals surface area contributed by atoms with Gasteiger partial charge in [0, 0.05) is 12.6 Å². The number of hydrogen-bond donors (Lipinski definition) is 1. The van der Waals surface area contributed by atoms with Gasteiger partial charge in [-0.2, -0.15) is 10.2 Å². The average Bonchev–Trinajstić information content (AvgIpc) is 2.36. The first kappa shape index (κ1) is 14.4. The van der Waals surface area contributed by atoms with E-state index in [1.54, 1.807) is 19.2 Å². The summed E-state index contributed by atoms with van der Waals surface area (Å²) >= 11 is 0. The van der Waals surface area contributed by atoms with Crippen LogP contribution in [0.4, 0.5) is 5.69 Å². The van der Waals surface area contributed by atoms with Crippen LogP contribution < -0.4 is 5.32 Å². The fourth-order valence-corrected chi connectivity index (χ4v) is 1.29. The molecule has 1 aromatic carbocycles. The molecule has 0 saturated carbocycles. The third-order valence-corrected chi connectivity index (χ3v) is 3.01. The van der Waals surface area contributed by atoms with E-state index in [9.17, 15) is 4.79 Å². The molecule has 1 rings (SSSR count). The quantitative estimate of drug-likeness (QED) is 0.814. The van der Waals surface area contributed by atoms with E-state index in [0.717, 1.165) is 11.3 Å². The predicted octanol–water partition coefficient (Wildman–Crippen LogP) is 3.48. The van der Waals surface area contributed by atoms with Crippen LogP contribution >= 0.6 is 0 Å². The molecule has 0 fully saturated rings. The first-order valence-electron chi connectivity index (χ1n) is 6.19. The van der Waals surface area contributed by atoms with Crippen molar-refractivity contribution in [3.05, 3.63) is 29.3 Å². The van der Waals surface area contributed by atoms with Crippen LogP contribution in [-0.4, -0.2) is 19.0 Å². The zero-order chi connectivity index (χ0) is 13.7. The molecule has 1 N–H and O–H groups in total. The van der Waals surface area contributed by atoms with E-state index >= 15 is 0 Å². The van der Waals surface area contributed by atoms with E-state index < -0.39 is 0 Å². The first-order valence-corrected chi connectivity index (χ1v) is 6.19. The molecule has 1 amide bonds. The third kappa shape index (κ3) is 3.65. The summed E-state index contributed by atoms with van der Waals surface area (Å²) in [6.07, 6.45) is 0. The van der Waals surface area contributed by atoms with Crippen LogP contribution in [0.2, 0.25) is 0 Å². The standard InChI is InChI=1S/C14H21N3O/c1-9(2)11(4)16-17-13-8-12(14(18)15-5)7-6-10(13)3/h6-9,11H,1-5H3,(H,15,18). The van der Waals surface area contributed by atoms with Crippen LogP contribution in [0, 0.1) is 12.8 Å². The molecule has 0 aliphatic heterocycles. The van der Waals surface area contributed by atoms with Gasteiger partial charge in [-0.3, -0.25) is 4.79 Å². The van der Waals surface area contributed by atoms with Crippen LogP contribution in [0.1, 0.15) is 36.7 Å². The highest BCUT2D eigenvalue weighted by Gasteiger charge is 2.07. The fraction of sp³-hybridized carbons (Fsp3) is 0.500. The Morgan fingerprint density at radius 1 is 1.28 bits per heavy atom. The van der Waals surface area contributed by atoms with Gasteiger partial charge in [-0.25, -0.2) is 0 Å². The van der Waals surface area contributed by atoms with Gasteiger partial charge in [-0.15, -0.1) is 0 Å². The molecule has 1 aromatic rings. The molecule has 0 radical (unpaired) electrons. The number of carbonyl (C=O) groups is 1. The molecule has 98 valence electrons. The molecule has 0 spiro atoms. The lowest BCUT2D eigenvalue weighted by atomic mass is 10.1. The molecule has 0 aliphatic carbocycles. The van der Waals surface area contributed by atoms with Gasteiger partial charge in [-0.1, -0.05) is 19.9 Å². The van der Waals surface area contributed by atoms with Crippen LogP contribution in [0.15, 0.2) is 28.4 Å². The van der Waals surface area contributed by atoms with E-state index in [2.05, 4.69) is 29.4 Å². The second-order valence-electron chi connectivity index (χ2n) is 4.78. The second kappa shape index (κ2) is 6.28. The van der Waals surface area contributed by atoms with E-state index in [1.807, 2.05) is 19.9 Å². The zero-order valence-corrected chi connectivity index (χ0v) is 11.7. The van der Waals surface area contributed by atoms with Gasteiger partial charge in [0.25, 0.3) is 5.91 Å². The Bertz CT molecular complexity index is 452. The lowest BCUT2D eigenvalue weighted by Gasteiger charge is -2.09. The topological polar surface area (TPSA) is 53.8 Å². The van der Waals surface area contributed by atoms with Crippen molar-refractivity contribution in [3.8, 4) is 0 Å². The van der Waals surface area contributed by atoms with Crippen molar-refractivity contribution >= 4 is 11.6 Å². The minimum Gasteiger partial charge on any atom is -0.355 e. The van der Waals surface area contributed by atoms with Gasteiger partial charge in [0.2, 0.25) is 0 Å². The highest BCUT2D eigenvalue weighted by Crippen LogP contribution is 2.21. The summed E-state index contributed by atoms with van der Waals surface area (Å²) in [6.45, 7) is 8.21. The Balaban J connectivity index is 2.98. The van der Waals surface area contributed by atoms with Gasteiger partial charge >= 0.3 is 0 Å². The van der Waals surface area contributed by atoms with Gasteiger partial charge in [0.1, 0.15) is 0 Å². The van der Waals surface area contributed by atoms with Gasteiger partial charge in [-0.05, 0) is 37.5 Å². The maximum atomic E-state index is 11.5. The maximum Gasteiger partial charge on any atom is 0.251 e. The van der Waals surface area contributed by atoms with Crippen molar-refractivity contribution in [2.75, 3.05) is 7.05 Å². The number of carbonyl (C=O) groups excluding carboxylic acids is 1. The van der Waals surface area contributed by atoms with E-state index in [4.69, 9.17) is 0 Å². The molecular formula is C14H21N3O. The zero-order valence-electron chi connectivity index (χ0n) is 11.7. The highest BCUT2D eigenvalue weighted by molar-refractivity contribution is 5.94. The van der Waals surface area contributed by atoms with Crippen molar-refractivity contribution in [2.45, 2.75) is 33.7 Å². The highest BCUT2D eigenvalue weighted by atomic mass is 16.1. The molecule has 1 unspecified atom stereocenters. The summed E-state index contributed by atoms with van der Waals surface area (Å²) < 4.78 is 0. The van der Waals surface area contributed by atoms with E-state index in [1.165, 1.54) is 0 Å². The normalized spacial score (nSPS) is 13.0. The minimum atomic E-state index is -0.108. The Morgan fingerprint density at radius 2 is 1.94 bits per heavy atom. The van der Waals surface area contributed by atoms with Gasteiger partial charge in [0.15, 0.2) is 0 Å². The molecule has 0 aliphatic rings. The average molecular weight is 247 g/mol. The van der Waals surface area contributed by atoms with Crippen molar-refractivity contribution in [1.82, 2.24) is 5.32 Å². The summed E-state index contributed by atoms with van der Waals surface area (Å²) in [7, 11) is 1.62. The number of nitrogens with one attached hydrogen (secondary N) is 1. The Kier molecular flexibility index (Phi) is 5.01. The summed E-state index contributed by atoms with van der Waals surface area (Å²) in [5.41, 5.74) is 2.38. The van der Waals surface area contributed by atoms with Crippen LogP contribution in [0.25, 0.3) is 0 Å². The predicted molar refractivity (Wildman–Crippen MR) is 73.4 cm³/mol. The summed E-state index contributed by atoms with van der Waals surface area (Å²) in [6, 6.07) is 5.62. The number of azo groups is 1. The smallest absolute Gasteiger partial charge is 0.251 e. The fourth-order valence-electron chi connectivity index (χ4n) is 1.29. The number of hydrogen-bond acceptors (Lipinski definition) is 3. The molecule has 0 saturated heterocycles. The van der Waals surface area contributed by atoms with E-state index in [0.29, 0.717) is 11.5 Å². The van der Waals surface area contributed by atoms with Crippen molar-refractivity contribution < 1.29 is 4.79 Å². The summed E-state index contributed by atoms with van der Waals surface area (Å²) in [5, 5.41) is 11.1. The molecular weight excluding hydrogens is 226 g/mol. The molecule has 0 aromatic heterocycles.